The molecule has 3 aliphatic rings. The van der Waals surface area contributed by atoms with Crippen molar-refractivity contribution in [2.75, 3.05) is 31.7 Å². The molecule has 3 aliphatic heterocycles. The van der Waals surface area contributed by atoms with Crippen molar-refractivity contribution in [2.45, 2.75) is 36.4 Å². The zero-order valence-corrected chi connectivity index (χ0v) is 19.5. The second-order valence-corrected chi connectivity index (χ2v) is 9.91. The number of anilines is 1. The van der Waals surface area contributed by atoms with E-state index in [2.05, 4.69) is 5.32 Å². The Morgan fingerprint density at radius 1 is 1.24 bits per heavy atom. The number of fused-ring (bicyclic) bond motifs is 2. The molecule has 0 aliphatic carbocycles. The first kappa shape index (κ1) is 23.0. The highest BCUT2D eigenvalue weighted by atomic mass is 35.5. The lowest BCUT2D eigenvalue weighted by Crippen LogP contribution is -2.54. The molecule has 2 fully saturated rings. The lowest BCUT2D eigenvalue weighted by molar-refractivity contribution is -0.129. The molecule has 2 aromatic carbocycles. The van der Waals surface area contributed by atoms with E-state index >= 15 is 4.39 Å². The Hall–Kier alpha value is -1.74. The first-order valence-electron chi connectivity index (χ1n) is 11.2. The Kier molecular flexibility index (Phi) is 6.14. The molecule has 4 N–H and O–H groups in total. The number of hydrogen-bond donors (Lipinski definition) is 3. The summed E-state index contributed by atoms with van der Waals surface area (Å²) in [6.07, 6.45) is 1.68. The highest BCUT2D eigenvalue weighted by Crippen LogP contribution is 2.57. The zero-order chi connectivity index (χ0) is 23.3. The van der Waals surface area contributed by atoms with Crippen LogP contribution in [0.3, 0.4) is 0 Å². The summed E-state index contributed by atoms with van der Waals surface area (Å²) in [5.74, 6) is -1.42. The minimum atomic E-state index is -1.31. The van der Waals surface area contributed by atoms with Gasteiger partial charge >= 0.3 is 0 Å². The fourth-order valence-corrected chi connectivity index (χ4v) is 6.29. The fourth-order valence-electron chi connectivity index (χ4n) is 5.93. The fraction of sp³-hybridized carbons (Fsp3) is 0.458. The van der Waals surface area contributed by atoms with Crippen molar-refractivity contribution in [3.05, 3.63) is 63.4 Å². The third-order valence-electron chi connectivity index (χ3n) is 7.42. The van der Waals surface area contributed by atoms with Crippen molar-refractivity contribution >= 4 is 34.8 Å². The highest BCUT2D eigenvalue weighted by Gasteiger charge is 2.66. The zero-order valence-electron chi connectivity index (χ0n) is 17.9. The van der Waals surface area contributed by atoms with Gasteiger partial charge in [-0.2, -0.15) is 0 Å². The highest BCUT2D eigenvalue weighted by molar-refractivity contribution is 6.31. The summed E-state index contributed by atoms with van der Waals surface area (Å²) in [5.41, 5.74) is 6.95. The lowest BCUT2D eigenvalue weighted by atomic mass is 9.73. The average molecular weight is 494 g/mol. The largest absolute Gasteiger partial charge is 0.395 e. The molecule has 3 unspecified atom stereocenters. The van der Waals surface area contributed by atoms with Crippen LogP contribution in [0.1, 0.15) is 29.9 Å². The van der Waals surface area contributed by atoms with E-state index in [1.165, 1.54) is 6.07 Å². The summed E-state index contributed by atoms with van der Waals surface area (Å²) in [6, 6.07) is 8.71. The molecule has 5 rings (SSSR count). The number of aliphatic hydroxyl groups is 1. The van der Waals surface area contributed by atoms with E-state index in [4.69, 9.17) is 33.7 Å². The van der Waals surface area contributed by atoms with E-state index in [1.807, 2.05) is 4.90 Å². The van der Waals surface area contributed by atoms with Gasteiger partial charge in [-0.15, -0.1) is 0 Å². The molecule has 33 heavy (non-hydrogen) atoms. The smallest absolute Gasteiger partial charge is 0.250 e. The summed E-state index contributed by atoms with van der Waals surface area (Å²) in [6.45, 7) is 1.55. The molecule has 4 atom stereocenters. The van der Waals surface area contributed by atoms with Crippen LogP contribution in [-0.4, -0.2) is 54.4 Å². The standard InChI is InChI=1S/C24H26Cl2FN3O3/c25-14-4-5-16-18(10-14)29-23(32)24(16)20(15-2-1-3-17(26)21(15)27)22(28)19(12-31)30(24)11-13-6-8-33-9-7-13/h1-5,10,13,19-20,22,31H,6-9,11-12,28H2,(H,29,32)/t19?,20-,22?,24?/m0/s1. The Bertz CT molecular complexity index is 1080. The Morgan fingerprint density at radius 3 is 2.73 bits per heavy atom. The molecular weight excluding hydrogens is 468 g/mol. The van der Waals surface area contributed by atoms with Crippen LogP contribution in [0.25, 0.3) is 0 Å². The summed E-state index contributed by atoms with van der Waals surface area (Å²) in [5, 5.41) is 13.8. The Balaban J connectivity index is 1.73. The summed E-state index contributed by atoms with van der Waals surface area (Å²) >= 11 is 12.4. The summed E-state index contributed by atoms with van der Waals surface area (Å²) in [4.78, 5) is 15.9. The number of amides is 1. The maximum Gasteiger partial charge on any atom is 0.250 e. The van der Waals surface area contributed by atoms with Gasteiger partial charge in [0.1, 0.15) is 11.4 Å². The number of nitrogens with zero attached hydrogens (tertiary/aromatic N) is 1. The molecule has 1 amide bonds. The molecule has 3 heterocycles. The average Bonchev–Trinajstić information content (AvgIpc) is 3.21. The number of carbonyl (C=O) groups is 1. The number of likely N-dealkylation sites (tertiary alicyclic amines) is 1. The van der Waals surface area contributed by atoms with Crippen LogP contribution in [-0.2, 0) is 15.1 Å². The third-order valence-corrected chi connectivity index (χ3v) is 7.95. The first-order chi connectivity index (χ1) is 15.9. The van der Waals surface area contributed by atoms with E-state index in [1.54, 1.807) is 30.3 Å². The van der Waals surface area contributed by atoms with Crippen molar-refractivity contribution < 1.29 is 19.0 Å². The minimum absolute atomic E-state index is 0.0342. The van der Waals surface area contributed by atoms with Crippen molar-refractivity contribution in [3.63, 3.8) is 0 Å². The number of benzene rings is 2. The molecule has 0 bridgehead atoms. The molecule has 1 spiro atoms. The minimum Gasteiger partial charge on any atom is -0.395 e. The van der Waals surface area contributed by atoms with Crippen molar-refractivity contribution in [1.82, 2.24) is 4.90 Å². The van der Waals surface area contributed by atoms with E-state index in [9.17, 15) is 9.90 Å². The molecular formula is C24H26Cl2FN3O3. The van der Waals surface area contributed by atoms with Gasteiger partial charge in [0.15, 0.2) is 0 Å². The molecule has 0 radical (unpaired) electrons. The maximum absolute atomic E-state index is 15.4. The second-order valence-electron chi connectivity index (χ2n) is 9.07. The predicted molar refractivity (Wildman–Crippen MR) is 125 cm³/mol. The number of aliphatic hydroxyl groups excluding tert-OH is 1. The van der Waals surface area contributed by atoms with Crippen LogP contribution >= 0.6 is 23.2 Å². The topological polar surface area (TPSA) is 87.8 Å². The van der Waals surface area contributed by atoms with Gasteiger partial charge in [-0.25, -0.2) is 4.39 Å². The molecule has 2 saturated heterocycles. The van der Waals surface area contributed by atoms with Crippen molar-refractivity contribution in [2.24, 2.45) is 11.7 Å². The number of hydrogen-bond acceptors (Lipinski definition) is 5. The molecule has 2 aromatic rings. The number of rotatable bonds is 4. The number of halogens is 3. The molecule has 176 valence electrons. The number of nitrogens with two attached hydrogens (primary N) is 1. The van der Waals surface area contributed by atoms with Gasteiger partial charge in [0.2, 0.25) is 5.91 Å². The Morgan fingerprint density at radius 2 is 2.00 bits per heavy atom. The summed E-state index contributed by atoms with van der Waals surface area (Å²) < 4.78 is 20.9. The van der Waals surface area contributed by atoms with Crippen LogP contribution < -0.4 is 11.1 Å². The third kappa shape index (κ3) is 3.49. The monoisotopic (exact) mass is 493 g/mol. The van der Waals surface area contributed by atoms with Crippen LogP contribution in [0.4, 0.5) is 10.1 Å². The number of nitrogens with one attached hydrogen (secondary N) is 1. The molecule has 9 heteroatoms. The van der Waals surface area contributed by atoms with Gasteiger partial charge in [0.25, 0.3) is 0 Å². The van der Waals surface area contributed by atoms with Crippen LogP contribution in [0.5, 0.6) is 0 Å². The van der Waals surface area contributed by atoms with Gasteiger partial charge in [0.05, 0.1) is 11.6 Å². The number of carbonyl (C=O) groups excluding carboxylic acids is 1. The van der Waals surface area contributed by atoms with E-state index in [0.29, 0.717) is 36.0 Å². The van der Waals surface area contributed by atoms with Crippen molar-refractivity contribution in [3.8, 4) is 0 Å². The van der Waals surface area contributed by atoms with Crippen LogP contribution in [0, 0.1) is 11.7 Å². The van der Waals surface area contributed by atoms with Crippen LogP contribution in [0.2, 0.25) is 10.0 Å². The molecule has 6 nitrogen and oxygen atoms in total. The van der Waals surface area contributed by atoms with Gasteiger partial charge in [-0.3, -0.25) is 9.69 Å². The normalized spacial score (nSPS) is 30.1. The maximum atomic E-state index is 15.4. The Labute approximate surface area is 201 Å². The predicted octanol–water partition coefficient (Wildman–Crippen LogP) is 3.49. The lowest BCUT2D eigenvalue weighted by Gasteiger charge is -2.41. The van der Waals surface area contributed by atoms with E-state index in [0.717, 1.165) is 12.8 Å². The number of ether oxygens (including phenoxy) is 1. The molecule has 0 aromatic heterocycles. The van der Waals surface area contributed by atoms with Gasteiger partial charge in [-0.05, 0) is 42.5 Å². The van der Waals surface area contributed by atoms with Gasteiger partial charge < -0.3 is 20.9 Å². The second kappa shape index (κ2) is 8.80. The van der Waals surface area contributed by atoms with Crippen LogP contribution in [0.15, 0.2) is 36.4 Å². The SMILES string of the molecule is NC1C(CO)N(CC2CCOCC2)C2(C(=O)Nc3cc(Cl)ccc32)[C@H]1c1cccc(Cl)c1F. The van der Waals surface area contributed by atoms with E-state index in [-0.39, 0.29) is 29.0 Å². The quantitative estimate of drug-likeness (QED) is 0.606. The molecule has 0 saturated carbocycles. The van der Waals surface area contributed by atoms with Gasteiger partial charge in [0, 0.05) is 54.0 Å². The van der Waals surface area contributed by atoms with E-state index < -0.39 is 29.4 Å². The van der Waals surface area contributed by atoms with Crippen molar-refractivity contribution in [1.29, 1.82) is 0 Å². The first-order valence-corrected chi connectivity index (χ1v) is 11.9. The summed E-state index contributed by atoms with van der Waals surface area (Å²) in [7, 11) is 0. The van der Waals surface area contributed by atoms with Gasteiger partial charge in [-0.1, -0.05) is 41.4 Å².